The lowest BCUT2D eigenvalue weighted by Crippen LogP contribution is -2.37. The number of ketones is 1. The van der Waals surface area contributed by atoms with Crippen molar-refractivity contribution in [2.24, 2.45) is 0 Å². The maximum atomic E-state index is 13.2. The second kappa shape index (κ2) is 7.26. The number of urea groups is 1. The first-order valence-corrected chi connectivity index (χ1v) is 8.98. The number of carbonyl (C=O) groups excluding carboxylic acids is 3. The molecule has 4 rings (SSSR count). The fourth-order valence-corrected chi connectivity index (χ4v) is 3.47. The smallest absolute Gasteiger partial charge is 0.326 e. The summed E-state index contributed by atoms with van der Waals surface area (Å²) in [5.41, 5.74) is 2.64. The van der Waals surface area contributed by atoms with Gasteiger partial charge in [-0.25, -0.2) is 9.18 Å². The van der Waals surface area contributed by atoms with Crippen LogP contribution < -0.4 is 10.6 Å². The van der Waals surface area contributed by atoms with Crippen molar-refractivity contribution in [1.82, 2.24) is 10.2 Å². The fourth-order valence-electron chi connectivity index (χ4n) is 3.47. The molecule has 0 saturated heterocycles. The Morgan fingerprint density at radius 3 is 2.71 bits per heavy atom. The van der Waals surface area contributed by atoms with Gasteiger partial charge in [-0.15, -0.1) is 0 Å². The van der Waals surface area contributed by atoms with E-state index in [0.717, 1.165) is 12.0 Å². The number of carbonyl (C=O) groups is 3. The highest BCUT2D eigenvalue weighted by Crippen LogP contribution is 2.29. The van der Waals surface area contributed by atoms with Gasteiger partial charge in [0.25, 0.3) is 5.91 Å². The number of nitrogens with zero attached hydrogens (tertiary/aromatic N) is 1. The van der Waals surface area contributed by atoms with Gasteiger partial charge < -0.3 is 10.6 Å². The molecule has 7 heteroatoms. The predicted octanol–water partition coefficient (Wildman–Crippen LogP) is 3.17. The minimum Gasteiger partial charge on any atom is -0.352 e. The third-order valence-electron chi connectivity index (χ3n) is 4.93. The SMILES string of the molecule is O=C1C=CN(C(=O)Nc2ccc3c(c2)C(=O)NCC3)[C@H](c2ccc(F)cc2)C1. The number of fused-ring (bicyclic) bond motifs is 1. The number of halogens is 1. The van der Waals surface area contributed by atoms with Crippen molar-refractivity contribution in [3.8, 4) is 0 Å². The normalized spacial score (nSPS) is 18.5. The van der Waals surface area contributed by atoms with Gasteiger partial charge in [0, 0.05) is 30.4 Å². The van der Waals surface area contributed by atoms with Gasteiger partial charge in [-0.3, -0.25) is 14.5 Å². The lowest BCUT2D eigenvalue weighted by molar-refractivity contribution is -0.116. The van der Waals surface area contributed by atoms with Crippen molar-refractivity contribution >= 4 is 23.4 Å². The molecule has 28 heavy (non-hydrogen) atoms. The molecule has 1 atom stereocenters. The Hall–Kier alpha value is -3.48. The van der Waals surface area contributed by atoms with Crippen molar-refractivity contribution in [1.29, 1.82) is 0 Å². The van der Waals surface area contributed by atoms with Crippen molar-refractivity contribution in [3.05, 3.63) is 77.2 Å². The van der Waals surface area contributed by atoms with E-state index in [0.29, 0.717) is 23.4 Å². The van der Waals surface area contributed by atoms with Gasteiger partial charge in [-0.05, 0) is 47.9 Å². The first kappa shape index (κ1) is 17.9. The van der Waals surface area contributed by atoms with Gasteiger partial charge in [0.2, 0.25) is 0 Å². The van der Waals surface area contributed by atoms with Crippen LogP contribution in [-0.2, 0) is 11.2 Å². The summed E-state index contributed by atoms with van der Waals surface area (Å²) in [5, 5.41) is 5.56. The van der Waals surface area contributed by atoms with E-state index in [2.05, 4.69) is 10.6 Å². The summed E-state index contributed by atoms with van der Waals surface area (Å²) >= 11 is 0. The van der Waals surface area contributed by atoms with Gasteiger partial charge in [-0.2, -0.15) is 0 Å². The quantitative estimate of drug-likeness (QED) is 0.841. The summed E-state index contributed by atoms with van der Waals surface area (Å²) in [4.78, 5) is 38.1. The highest BCUT2D eigenvalue weighted by molar-refractivity contribution is 6.00. The van der Waals surface area contributed by atoms with Crippen LogP contribution in [0.2, 0.25) is 0 Å². The molecule has 2 aromatic carbocycles. The highest BCUT2D eigenvalue weighted by Gasteiger charge is 2.29. The van der Waals surface area contributed by atoms with E-state index in [9.17, 15) is 18.8 Å². The highest BCUT2D eigenvalue weighted by atomic mass is 19.1. The number of nitrogens with one attached hydrogen (secondary N) is 2. The maximum Gasteiger partial charge on any atom is 0.326 e. The lowest BCUT2D eigenvalue weighted by atomic mass is 9.97. The number of amides is 3. The molecule has 0 fully saturated rings. The zero-order valence-corrected chi connectivity index (χ0v) is 14.9. The molecule has 0 spiro atoms. The molecular formula is C21H18FN3O3. The summed E-state index contributed by atoms with van der Waals surface area (Å²) in [7, 11) is 0. The first-order chi connectivity index (χ1) is 13.5. The van der Waals surface area contributed by atoms with Crippen molar-refractivity contribution in [2.75, 3.05) is 11.9 Å². The average Bonchev–Trinajstić information content (AvgIpc) is 2.69. The minimum atomic E-state index is -0.529. The Labute approximate surface area is 161 Å². The number of benzene rings is 2. The van der Waals surface area contributed by atoms with E-state index in [1.807, 2.05) is 6.07 Å². The van der Waals surface area contributed by atoms with Crippen LogP contribution in [0.5, 0.6) is 0 Å². The molecule has 0 bridgehead atoms. The zero-order chi connectivity index (χ0) is 19.7. The molecule has 2 aromatic rings. The Morgan fingerprint density at radius 1 is 1.14 bits per heavy atom. The molecule has 0 aliphatic carbocycles. The molecule has 0 saturated carbocycles. The Bertz CT molecular complexity index is 985. The molecule has 0 aromatic heterocycles. The van der Waals surface area contributed by atoms with Crippen LogP contribution >= 0.6 is 0 Å². The second-order valence-electron chi connectivity index (χ2n) is 6.77. The van der Waals surface area contributed by atoms with E-state index in [1.165, 1.54) is 29.3 Å². The summed E-state index contributed by atoms with van der Waals surface area (Å²) in [6.45, 7) is 0.601. The minimum absolute atomic E-state index is 0.108. The average molecular weight is 379 g/mol. The molecular weight excluding hydrogens is 361 g/mol. The zero-order valence-electron chi connectivity index (χ0n) is 14.9. The summed E-state index contributed by atoms with van der Waals surface area (Å²) in [5.74, 6) is -0.654. The van der Waals surface area contributed by atoms with Gasteiger partial charge >= 0.3 is 6.03 Å². The topological polar surface area (TPSA) is 78.5 Å². The molecule has 2 aliphatic rings. The first-order valence-electron chi connectivity index (χ1n) is 8.98. The Kier molecular flexibility index (Phi) is 4.65. The van der Waals surface area contributed by atoms with E-state index in [-0.39, 0.29) is 23.9 Å². The number of rotatable bonds is 2. The van der Waals surface area contributed by atoms with E-state index in [1.54, 1.807) is 24.3 Å². The molecule has 2 N–H and O–H groups in total. The van der Waals surface area contributed by atoms with Crippen LogP contribution in [0.1, 0.15) is 33.9 Å². The Balaban J connectivity index is 1.58. The molecule has 2 aliphatic heterocycles. The van der Waals surface area contributed by atoms with Gasteiger partial charge in [-0.1, -0.05) is 18.2 Å². The van der Waals surface area contributed by atoms with E-state index in [4.69, 9.17) is 0 Å². The molecule has 142 valence electrons. The third-order valence-corrected chi connectivity index (χ3v) is 4.93. The molecule has 0 unspecified atom stereocenters. The van der Waals surface area contributed by atoms with Crippen molar-refractivity contribution < 1.29 is 18.8 Å². The van der Waals surface area contributed by atoms with Gasteiger partial charge in [0.15, 0.2) is 5.78 Å². The third kappa shape index (κ3) is 3.51. The number of allylic oxidation sites excluding steroid dienone is 1. The molecule has 3 amide bonds. The van der Waals surface area contributed by atoms with E-state index >= 15 is 0 Å². The van der Waals surface area contributed by atoms with Crippen molar-refractivity contribution in [3.63, 3.8) is 0 Å². The Morgan fingerprint density at radius 2 is 1.93 bits per heavy atom. The van der Waals surface area contributed by atoms with E-state index < -0.39 is 12.1 Å². The lowest BCUT2D eigenvalue weighted by Gasteiger charge is -2.31. The summed E-state index contributed by atoms with van der Waals surface area (Å²) < 4.78 is 13.2. The molecule has 2 heterocycles. The molecule has 0 radical (unpaired) electrons. The van der Waals surface area contributed by atoms with Crippen LogP contribution in [0.3, 0.4) is 0 Å². The summed E-state index contributed by atoms with van der Waals surface area (Å²) in [6.07, 6.45) is 3.64. The standard InChI is InChI=1S/C21H18FN3O3/c22-15-4-1-14(2-5-15)19-12-17(26)8-10-25(19)21(28)24-16-6-3-13-7-9-23-20(27)18(13)11-16/h1-6,8,10-11,19H,7,9,12H2,(H,23,27)(H,24,28)/t19-/m0/s1. The predicted molar refractivity (Wildman–Crippen MR) is 101 cm³/mol. The van der Waals surface area contributed by atoms with Crippen LogP contribution in [-0.4, -0.2) is 29.2 Å². The van der Waals surface area contributed by atoms with Crippen LogP contribution in [0.4, 0.5) is 14.9 Å². The maximum absolute atomic E-state index is 13.2. The number of hydrogen-bond donors (Lipinski definition) is 2. The second-order valence-corrected chi connectivity index (χ2v) is 6.77. The van der Waals surface area contributed by atoms with Crippen molar-refractivity contribution in [2.45, 2.75) is 18.9 Å². The summed E-state index contributed by atoms with van der Waals surface area (Å²) in [6, 6.07) is 10.00. The molecule has 6 nitrogen and oxygen atoms in total. The van der Waals surface area contributed by atoms with Gasteiger partial charge in [0.1, 0.15) is 5.82 Å². The van der Waals surface area contributed by atoms with Crippen LogP contribution in [0.15, 0.2) is 54.7 Å². The van der Waals surface area contributed by atoms with Crippen LogP contribution in [0, 0.1) is 5.82 Å². The van der Waals surface area contributed by atoms with Crippen LogP contribution in [0.25, 0.3) is 0 Å². The fraction of sp³-hybridized carbons (Fsp3) is 0.190. The monoisotopic (exact) mass is 379 g/mol. The number of anilines is 1. The van der Waals surface area contributed by atoms with Gasteiger partial charge in [0.05, 0.1) is 6.04 Å². The number of hydrogen-bond acceptors (Lipinski definition) is 3. The largest absolute Gasteiger partial charge is 0.352 e.